The number of benzene rings is 1. The predicted octanol–water partition coefficient (Wildman–Crippen LogP) is 7.50. The molecule has 0 N–H and O–H groups in total. The van der Waals surface area contributed by atoms with Crippen molar-refractivity contribution >= 4 is 24.3 Å². The molecule has 158 valence electrons. The Hall–Kier alpha value is -0.771. The molecule has 0 heterocycles. The fourth-order valence-electron chi connectivity index (χ4n) is 4.18. The summed E-state index contributed by atoms with van der Waals surface area (Å²) in [4.78, 5) is 13.0. The Morgan fingerprint density at radius 1 is 0.857 bits per heavy atom. The Balaban J connectivity index is 3.42. The van der Waals surface area contributed by atoms with Gasteiger partial charge in [-0.25, -0.2) is 0 Å². The van der Waals surface area contributed by atoms with E-state index in [1.165, 1.54) is 61.0 Å². The third kappa shape index (κ3) is 7.93. The van der Waals surface area contributed by atoms with Gasteiger partial charge in [-0.15, -0.1) is 0 Å². The normalized spacial score (nSPS) is 12.6. The molecule has 0 aliphatic heterocycles. The number of carbonyl (C=O) groups excluding carboxylic acids is 1. The molecule has 3 heteroatoms. The van der Waals surface area contributed by atoms with E-state index in [0.29, 0.717) is 13.0 Å². The summed E-state index contributed by atoms with van der Waals surface area (Å²) in [6, 6.07) is 10.4. The molecule has 2 nitrogen and oxygen atoms in total. The quantitative estimate of drug-likeness (QED) is 0.152. The molecule has 0 atom stereocenters. The van der Waals surface area contributed by atoms with Crippen LogP contribution in [0.2, 0.25) is 13.3 Å². The van der Waals surface area contributed by atoms with Gasteiger partial charge in [0.1, 0.15) is 0 Å². The third-order valence-corrected chi connectivity index (χ3v) is 22.6. The van der Waals surface area contributed by atoms with Gasteiger partial charge in [-0.05, 0) is 0 Å². The SMILES string of the molecule is CCC[CH2][Sn]([CH2]CCC)([CH2]CCC)/[C](C)=C(/Cc1ccccc1)C(=O)OCC. The molecule has 0 aliphatic carbocycles. The number of esters is 1. The monoisotopic (exact) mass is 494 g/mol. The van der Waals surface area contributed by atoms with Crippen LogP contribution in [0.15, 0.2) is 39.5 Å². The molecule has 1 aromatic rings. The van der Waals surface area contributed by atoms with E-state index in [2.05, 4.69) is 52.0 Å². The zero-order valence-electron chi connectivity index (χ0n) is 19.0. The van der Waals surface area contributed by atoms with Crippen molar-refractivity contribution in [2.45, 2.75) is 92.9 Å². The van der Waals surface area contributed by atoms with Crippen LogP contribution in [-0.2, 0) is 16.0 Å². The van der Waals surface area contributed by atoms with Gasteiger partial charge in [0.25, 0.3) is 0 Å². The minimum atomic E-state index is -2.62. The predicted molar refractivity (Wildman–Crippen MR) is 124 cm³/mol. The average Bonchev–Trinajstić information content (AvgIpc) is 2.72. The van der Waals surface area contributed by atoms with Gasteiger partial charge in [-0.2, -0.15) is 0 Å². The summed E-state index contributed by atoms with van der Waals surface area (Å²) in [5, 5.41) is 0. The van der Waals surface area contributed by atoms with Crippen molar-refractivity contribution in [2.75, 3.05) is 6.61 Å². The summed E-state index contributed by atoms with van der Waals surface area (Å²) < 4.78 is 11.2. The summed E-state index contributed by atoms with van der Waals surface area (Å²) in [5.41, 5.74) is 2.19. The van der Waals surface area contributed by atoms with E-state index < -0.39 is 18.4 Å². The van der Waals surface area contributed by atoms with Crippen molar-refractivity contribution in [3.8, 4) is 0 Å². The Kier molecular flexibility index (Phi) is 12.9. The zero-order valence-corrected chi connectivity index (χ0v) is 21.8. The van der Waals surface area contributed by atoms with Crippen molar-refractivity contribution in [2.24, 2.45) is 0 Å². The van der Waals surface area contributed by atoms with Crippen LogP contribution in [0, 0.1) is 0 Å². The first-order chi connectivity index (χ1) is 13.5. The number of hydrogen-bond acceptors (Lipinski definition) is 2. The Labute approximate surface area is 178 Å². The molecule has 0 spiro atoms. The molecule has 1 aromatic carbocycles. The van der Waals surface area contributed by atoms with Crippen molar-refractivity contribution in [1.82, 2.24) is 0 Å². The molecular formula is C25H42O2Sn. The fraction of sp³-hybridized carbons (Fsp3) is 0.640. The van der Waals surface area contributed by atoms with Crippen molar-refractivity contribution < 1.29 is 9.53 Å². The van der Waals surface area contributed by atoms with Gasteiger partial charge >= 0.3 is 178 Å². The molecule has 0 aromatic heterocycles. The van der Waals surface area contributed by atoms with Crippen LogP contribution in [0.4, 0.5) is 0 Å². The van der Waals surface area contributed by atoms with Crippen LogP contribution in [0.3, 0.4) is 0 Å². The van der Waals surface area contributed by atoms with Gasteiger partial charge in [-0.3, -0.25) is 0 Å². The average molecular weight is 493 g/mol. The molecule has 0 unspecified atom stereocenters. The van der Waals surface area contributed by atoms with Gasteiger partial charge in [0.05, 0.1) is 0 Å². The molecular weight excluding hydrogens is 451 g/mol. The number of ether oxygens (including phenoxy) is 1. The van der Waals surface area contributed by atoms with Gasteiger partial charge in [0.15, 0.2) is 0 Å². The van der Waals surface area contributed by atoms with Crippen LogP contribution < -0.4 is 0 Å². The molecule has 0 saturated carbocycles. The van der Waals surface area contributed by atoms with Crippen LogP contribution in [0.5, 0.6) is 0 Å². The summed E-state index contributed by atoms with van der Waals surface area (Å²) in [7, 11) is 0. The Morgan fingerprint density at radius 3 is 1.79 bits per heavy atom. The van der Waals surface area contributed by atoms with E-state index >= 15 is 0 Å². The molecule has 0 fully saturated rings. The number of hydrogen-bond donors (Lipinski definition) is 0. The summed E-state index contributed by atoms with van der Waals surface area (Å²) >= 11 is -2.62. The van der Waals surface area contributed by atoms with Crippen molar-refractivity contribution in [1.29, 1.82) is 0 Å². The van der Waals surface area contributed by atoms with Gasteiger partial charge < -0.3 is 0 Å². The topological polar surface area (TPSA) is 26.3 Å². The third-order valence-electron chi connectivity index (χ3n) is 6.02. The molecule has 0 saturated heterocycles. The summed E-state index contributed by atoms with van der Waals surface area (Å²) in [6.45, 7) is 11.6. The van der Waals surface area contributed by atoms with E-state index in [-0.39, 0.29) is 5.97 Å². The first-order valence-electron chi connectivity index (χ1n) is 11.5. The van der Waals surface area contributed by atoms with Crippen LogP contribution in [-0.4, -0.2) is 31.0 Å². The van der Waals surface area contributed by atoms with E-state index in [4.69, 9.17) is 4.74 Å². The zero-order chi connectivity index (χ0) is 20.8. The van der Waals surface area contributed by atoms with Crippen LogP contribution in [0.25, 0.3) is 0 Å². The van der Waals surface area contributed by atoms with E-state index in [9.17, 15) is 4.79 Å². The van der Waals surface area contributed by atoms with E-state index in [1.54, 1.807) is 0 Å². The van der Waals surface area contributed by atoms with Gasteiger partial charge in [-0.1, -0.05) is 0 Å². The summed E-state index contributed by atoms with van der Waals surface area (Å²) in [5.74, 6) is -0.0746. The number of carbonyl (C=O) groups is 1. The van der Waals surface area contributed by atoms with Gasteiger partial charge in [0.2, 0.25) is 0 Å². The molecule has 28 heavy (non-hydrogen) atoms. The molecule has 0 radical (unpaired) electrons. The Bertz CT molecular complexity index is 570. The maximum absolute atomic E-state index is 13.0. The first kappa shape index (κ1) is 25.3. The van der Waals surface area contributed by atoms with E-state index in [0.717, 1.165) is 5.57 Å². The van der Waals surface area contributed by atoms with Crippen LogP contribution in [0.1, 0.15) is 78.7 Å². The molecule has 0 aliphatic rings. The van der Waals surface area contributed by atoms with E-state index in [1.807, 2.05) is 13.0 Å². The van der Waals surface area contributed by atoms with Crippen molar-refractivity contribution in [3.05, 3.63) is 45.1 Å². The fourth-order valence-corrected chi connectivity index (χ4v) is 20.7. The maximum atomic E-state index is 13.0. The second kappa shape index (κ2) is 14.2. The first-order valence-corrected chi connectivity index (χ1v) is 18.9. The molecule has 0 bridgehead atoms. The Morgan fingerprint density at radius 2 is 1.36 bits per heavy atom. The van der Waals surface area contributed by atoms with Crippen molar-refractivity contribution in [3.63, 3.8) is 0 Å². The van der Waals surface area contributed by atoms with Crippen LogP contribution >= 0.6 is 0 Å². The number of unbranched alkanes of at least 4 members (excludes halogenated alkanes) is 3. The molecule has 1 rings (SSSR count). The minimum absolute atomic E-state index is 0.0746. The summed E-state index contributed by atoms with van der Waals surface area (Å²) in [6.07, 6.45) is 8.38. The second-order valence-electron chi connectivity index (χ2n) is 8.08. The van der Waals surface area contributed by atoms with Gasteiger partial charge in [0, 0.05) is 0 Å². The molecule has 0 amide bonds. The second-order valence-corrected chi connectivity index (χ2v) is 21.8. The number of allylic oxidation sites excluding steroid dienone is 1. The number of rotatable bonds is 14. The standard InChI is InChI=1S/C13H15O2.3C4H9.Sn/c1-3-12(13(14)15-4-2)10-11-8-6-5-7-9-11;3*1-3-4-2;/h5-9H,4,10H2,1-2H3;3*1,3-4H2,2H3;.